The van der Waals surface area contributed by atoms with Gasteiger partial charge in [0.25, 0.3) is 0 Å². The smallest absolute Gasteiger partial charge is 0.0583 e. The van der Waals surface area contributed by atoms with Crippen molar-refractivity contribution in [3.8, 4) is 89.0 Å². The van der Waals surface area contributed by atoms with Gasteiger partial charge in [0.05, 0.1) is 11.0 Å². The van der Waals surface area contributed by atoms with E-state index in [-0.39, 0.29) is 0 Å². The van der Waals surface area contributed by atoms with Gasteiger partial charge in [-0.25, -0.2) is 0 Å². The standard InChI is InChI=1S/C67H45NS/c1-68-65-58(50-33-29-48(30-34-50)56-39-52(44-17-6-2-7-18-44)37-53(40-56)45-19-8-3-9-20-45)26-16-27-60(65)64-66(68)61(43-62-59-25-14-15-28-63(59)69-67(62)64)51-35-31-49(32-36-51)57-41-54(46-21-10-4-11-22-46)38-55(42-57)47-23-12-5-13-24-47/h2-43H,1H3. The van der Waals surface area contributed by atoms with Crippen molar-refractivity contribution in [1.82, 2.24) is 4.57 Å². The zero-order valence-corrected chi connectivity index (χ0v) is 38.9. The number of benzene rings is 11. The molecule has 13 aromatic rings. The molecule has 2 heterocycles. The lowest BCUT2D eigenvalue weighted by Crippen LogP contribution is -1.93. The molecule has 0 atom stereocenters. The molecule has 0 fully saturated rings. The van der Waals surface area contributed by atoms with Crippen LogP contribution < -0.4 is 0 Å². The lowest BCUT2D eigenvalue weighted by molar-refractivity contribution is 1.02. The van der Waals surface area contributed by atoms with Crippen LogP contribution in [0.3, 0.4) is 0 Å². The number of aromatic nitrogens is 1. The Bertz CT molecular complexity index is 3900. The normalized spacial score (nSPS) is 11.6. The summed E-state index contributed by atoms with van der Waals surface area (Å²) in [4.78, 5) is 0. The third-order valence-corrected chi connectivity index (χ3v) is 15.2. The maximum Gasteiger partial charge on any atom is 0.0583 e. The molecule has 2 aromatic heterocycles. The molecule has 0 N–H and O–H groups in total. The molecule has 1 nitrogen and oxygen atoms in total. The third-order valence-electron chi connectivity index (χ3n) is 14.0. The van der Waals surface area contributed by atoms with Crippen LogP contribution in [0.15, 0.2) is 255 Å². The Labute approximate surface area is 406 Å². The van der Waals surface area contributed by atoms with Crippen molar-refractivity contribution >= 4 is 53.3 Å². The van der Waals surface area contributed by atoms with Crippen LogP contribution in [0.5, 0.6) is 0 Å². The molecule has 0 bridgehead atoms. The predicted octanol–water partition coefficient (Wildman–Crippen LogP) is 19.0. The van der Waals surface area contributed by atoms with E-state index < -0.39 is 0 Å². The highest BCUT2D eigenvalue weighted by Gasteiger charge is 2.22. The van der Waals surface area contributed by atoms with Crippen molar-refractivity contribution < 1.29 is 0 Å². The van der Waals surface area contributed by atoms with E-state index in [2.05, 4.69) is 266 Å². The molecular weight excluding hydrogens is 851 g/mol. The van der Waals surface area contributed by atoms with Crippen LogP contribution in [-0.2, 0) is 7.05 Å². The molecule has 324 valence electrons. The first-order valence-electron chi connectivity index (χ1n) is 23.7. The molecule has 0 aliphatic heterocycles. The van der Waals surface area contributed by atoms with Crippen molar-refractivity contribution in [2.24, 2.45) is 7.05 Å². The SMILES string of the molecule is Cn1c2c(-c3ccc(-c4cc(-c5ccccc5)cc(-c5ccccc5)c4)cc3)cccc2c2c3sc4ccccc4c3cc(-c3ccc(-c4cc(-c5ccccc5)cc(-c5ccccc5)c4)cc3)c21. The largest absolute Gasteiger partial charge is 0.343 e. The Morgan fingerprint density at radius 1 is 0.261 bits per heavy atom. The summed E-state index contributed by atoms with van der Waals surface area (Å²) in [6.07, 6.45) is 0. The Balaban J connectivity index is 0.946. The lowest BCUT2D eigenvalue weighted by atomic mass is 9.92. The first-order valence-corrected chi connectivity index (χ1v) is 24.5. The Morgan fingerprint density at radius 2 is 0.623 bits per heavy atom. The summed E-state index contributed by atoms with van der Waals surface area (Å²) in [5.41, 5.74) is 21.8. The minimum atomic E-state index is 1.19. The minimum absolute atomic E-state index is 1.19. The number of hydrogen-bond acceptors (Lipinski definition) is 1. The van der Waals surface area contributed by atoms with E-state index >= 15 is 0 Å². The summed E-state index contributed by atoms with van der Waals surface area (Å²) in [6, 6.07) is 93.5. The van der Waals surface area contributed by atoms with Crippen molar-refractivity contribution in [3.05, 3.63) is 255 Å². The summed E-state index contributed by atoms with van der Waals surface area (Å²) < 4.78 is 5.11. The molecular formula is C67H45NS. The van der Waals surface area contributed by atoms with Crippen LogP contribution in [0.25, 0.3) is 131 Å². The van der Waals surface area contributed by atoms with Gasteiger partial charge >= 0.3 is 0 Å². The van der Waals surface area contributed by atoms with Crippen LogP contribution in [0.2, 0.25) is 0 Å². The topological polar surface area (TPSA) is 4.93 Å². The van der Waals surface area contributed by atoms with E-state index in [1.165, 1.54) is 131 Å². The maximum absolute atomic E-state index is 2.46. The Morgan fingerprint density at radius 3 is 1.07 bits per heavy atom. The monoisotopic (exact) mass is 895 g/mol. The summed E-state index contributed by atoms with van der Waals surface area (Å²) in [5.74, 6) is 0. The number of aryl methyl sites for hydroxylation is 1. The second-order valence-corrected chi connectivity index (χ2v) is 19.2. The molecule has 0 amide bonds. The van der Waals surface area contributed by atoms with Gasteiger partial charge in [-0.3, -0.25) is 0 Å². The van der Waals surface area contributed by atoms with Crippen LogP contribution in [0, 0.1) is 0 Å². The second kappa shape index (κ2) is 16.9. The van der Waals surface area contributed by atoms with Gasteiger partial charge in [0.1, 0.15) is 0 Å². The van der Waals surface area contributed by atoms with Gasteiger partial charge in [0.15, 0.2) is 0 Å². The van der Waals surface area contributed by atoms with Crippen molar-refractivity contribution in [3.63, 3.8) is 0 Å². The summed E-state index contributed by atoms with van der Waals surface area (Å²) in [6.45, 7) is 0. The second-order valence-electron chi connectivity index (χ2n) is 18.1. The maximum atomic E-state index is 2.46. The highest BCUT2D eigenvalue weighted by molar-refractivity contribution is 7.26. The fourth-order valence-corrected chi connectivity index (χ4v) is 11.8. The number of rotatable bonds is 8. The number of hydrogen-bond donors (Lipinski definition) is 0. The van der Waals surface area contributed by atoms with E-state index in [4.69, 9.17) is 0 Å². The quantitative estimate of drug-likeness (QED) is 0.143. The van der Waals surface area contributed by atoms with Gasteiger partial charge in [-0.2, -0.15) is 0 Å². The van der Waals surface area contributed by atoms with Gasteiger partial charge in [0, 0.05) is 49.1 Å². The molecule has 0 saturated heterocycles. The van der Waals surface area contributed by atoms with Crippen molar-refractivity contribution in [1.29, 1.82) is 0 Å². The van der Waals surface area contributed by atoms with Gasteiger partial charge < -0.3 is 4.57 Å². The van der Waals surface area contributed by atoms with Gasteiger partial charge in [0.2, 0.25) is 0 Å². The third kappa shape index (κ3) is 7.25. The average Bonchev–Trinajstić information content (AvgIpc) is 3.96. The van der Waals surface area contributed by atoms with Crippen molar-refractivity contribution in [2.45, 2.75) is 0 Å². The molecule has 2 heteroatoms. The Hall–Kier alpha value is -8.56. The summed E-state index contributed by atoms with van der Waals surface area (Å²) >= 11 is 1.91. The molecule has 0 spiro atoms. The average molecular weight is 896 g/mol. The number of fused-ring (bicyclic) bond motifs is 7. The molecule has 0 aliphatic carbocycles. The van der Waals surface area contributed by atoms with E-state index in [0.717, 1.165) is 0 Å². The molecule has 11 aromatic carbocycles. The zero-order chi connectivity index (χ0) is 45.8. The van der Waals surface area contributed by atoms with E-state index in [0.29, 0.717) is 0 Å². The lowest BCUT2D eigenvalue weighted by Gasteiger charge is -2.13. The van der Waals surface area contributed by atoms with Gasteiger partial charge in [-0.05, 0) is 126 Å². The first kappa shape index (κ1) is 40.7. The fraction of sp³-hybridized carbons (Fsp3) is 0.0149. The number of thiophene rings is 1. The van der Waals surface area contributed by atoms with Crippen LogP contribution in [0.1, 0.15) is 0 Å². The molecule has 0 aliphatic rings. The molecule has 13 rings (SSSR count). The molecule has 0 unspecified atom stereocenters. The molecule has 69 heavy (non-hydrogen) atoms. The predicted molar refractivity (Wildman–Crippen MR) is 297 cm³/mol. The van der Waals surface area contributed by atoms with E-state index in [1.54, 1.807) is 0 Å². The van der Waals surface area contributed by atoms with Crippen LogP contribution in [-0.4, -0.2) is 4.57 Å². The number of para-hydroxylation sites is 1. The first-order chi connectivity index (χ1) is 34.1. The Kier molecular flexibility index (Phi) is 10.00. The molecule has 0 radical (unpaired) electrons. The van der Waals surface area contributed by atoms with Gasteiger partial charge in [-0.15, -0.1) is 11.3 Å². The van der Waals surface area contributed by atoms with E-state index in [9.17, 15) is 0 Å². The zero-order valence-electron chi connectivity index (χ0n) is 38.1. The summed E-state index contributed by atoms with van der Waals surface area (Å²) in [5, 5.41) is 5.20. The van der Waals surface area contributed by atoms with E-state index in [1.807, 2.05) is 11.3 Å². The summed E-state index contributed by atoms with van der Waals surface area (Å²) in [7, 11) is 2.26. The highest BCUT2D eigenvalue weighted by Crippen LogP contribution is 2.48. The number of nitrogens with zero attached hydrogens (tertiary/aromatic N) is 1. The highest BCUT2D eigenvalue weighted by atomic mass is 32.1. The fourth-order valence-electron chi connectivity index (χ4n) is 10.6. The van der Waals surface area contributed by atoms with Crippen LogP contribution in [0.4, 0.5) is 0 Å². The molecule has 0 saturated carbocycles. The van der Waals surface area contributed by atoms with Gasteiger partial charge in [-0.1, -0.05) is 206 Å². The van der Waals surface area contributed by atoms with Crippen LogP contribution >= 0.6 is 11.3 Å². The van der Waals surface area contributed by atoms with Crippen molar-refractivity contribution in [2.75, 3.05) is 0 Å². The minimum Gasteiger partial charge on any atom is -0.343 e.